The van der Waals surface area contributed by atoms with Gasteiger partial charge in [0.1, 0.15) is 11.9 Å². The Labute approximate surface area is 173 Å². The second-order valence-corrected chi connectivity index (χ2v) is 8.42. The van der Waals surface area contributed by atoms with E-state index in [1.54, 1.807) is 25.6 Å². The molecule has 0 bridgehead atoms. The molecule has 6 nitrogen and oxygen atoms in total. The molecule has 1 aliphatic heterocycles. The van der Waals surface area contributed by atoms with Crippen LogP contribution >= 0.6 is 11.3 Å². The van der Waals surface area contributed by atoms with E-state index in [-0.39, 0.29) is 17.9 Å². The Morgan fingerprint density at radius 3 is 2.55 bits per heavy atom. The van der Waals surface area contributed by atoms with E-state index in [0.717, 1.165) is 32.1 Å². The minimum atomic E-state index is -0.0831. The molecule has 29 heavy (non-hydrogen) atoms. The predicted octanol–water partition coefficient (Wildman–Crippen LogP) is 4.19. The average molecular weight is 413 g/mol. The number of carbonyl (C=O) groups is 1. The first-order valence-corrected chi connectivity index (χ1v) is 10.4. The van der Waals surface area contributed by atoms with Crippen molar-refractivity contribution in [2.75, 3.05) is 20.8 Å². The monoisotopic (exact) mass is 412 g/mol. The summed E-state index contributed by atoms with van der Waals surface area (Å²) in [4.78, 5) is 16.3. The number of hydrogen-bond acceptors (Lipinski definition) is 6. The summed E-state index contributed by atoms with van der Waals surface area (Å²) in [5, 5.41) is 3.87. The van der Waals surface area contributed by atoms with Gasteiger partial charge in [-0.2, -0.15) is 0 Å². The van der Waals surface area contributed by atoms with Crippen LogP contribution in [0.4, 0.5) is 0 Å². The van der Waals surface area contributed by atoms with Crippen LogP contribution in [0.2, 0.25) is 0 Å². The molecule has 3 aromatic rings. The first-order valence-electron chi connectivity index (χ1n) is 9.55. The molecule has 0 aliphatic carbocycles. The van der Waals surface area contributed by atoms with Crippen molar-refractivity contribution in [1.82, 2.24) is 10.3 Å². The fourth-order valence-corrected chi connectivity index (χ4v) is 4.50. The number of carbonyl (C=O) groups excluding carboxylic acids is 1. The molecule has 7 heteroatoms. The highest BCUT2D eigenvalue weighted by molar-refractivity contribution is 7.18. The third kappa shape index (κ3) is 3.87. The first kappa shape index (κ1) is 19.5. The zero-order valence-corrected chi connectivity index (χ0v) is 17.8. The van der Waals surface area contributed by atoms with E-state index in [2.05, 4.69) is 16.4 Å². The number of hydrogen-bond donors (Lipinski definition) is 1. The van der Waals surface area contributed by atoms with Crippen LogP contribution in [0, 0.1) is 12.8 Å². The van der Waals surface area contributed by atoms with E-state index in [0.29, 0.717) is 24.5 Å². The van der Waals surface area contributed by atoms with Crippen molar-refractivity contribution in [3.05, 3.63) is 35.3 Å². The van der Waals surface area contributed by atoms with Crippen LogP contribution < -0.4 is 19.5 Å². The Morgan fingerprint density at radius 2 is 1.86 bits per heavy atom. The SMILES string of the molecule is COc1ccc(-c2cc(O[C@H](C)C3CNC(=O)C3)c3sc(C)nc3c2)cc1OC. The summed E-state index contributed by atoms with van der Waals surface area (Å²) in [7, 11) is 3.25. The van der Waals surface area contributed by atoms with Gasteiger partial charge < -0.3 is 19.5 Å². The van der Waals surface area contributed by atoms with Crippen LogP contribution in [0.1, 0.15) is 18.4 Å². The summed E-state index contributed by atoms with van der Waals surface area (Å²) in [5.74, 6) is 2.40. The van der Waals surface area contributed by atoms with Gasteiger partial charge in [-0.1, -0.05) is 6.07 Å². The number of nitrogens with zero attached hydrogens (tertiary/aromatic N) is 1. The molecule has 2 aromatic carbocycles. The van der Waals surface area contributed by atoms with Crippen LogP contribution in [0.5, 0.6) is 17.2 Å². The van der Waals surface area contributed by atoms with Gasteiger partial charge in [0.15, 0.2) is 11.5 Å². The lowest BCUT2D eigenvalue weighted by Gasteiger charge is -2.20. The summed E-state index contributed by atoms with van der Waals surface area (Å²) in [5.41, 5.74) is 2.89. The minimum absolute atomic E-state index is 0.0831. The number of rotatable bonds is 6. The molecule has 1 aromatic heterocycles. The van der Waals surface area contributed by atoms with E-state index in [1.807, 2.05) is 38.1 Å². The molecular weight excluding hydrogens is 388 g/mol. The van der Waals surface area contributed by atoms with E-state index in [9.17, 15) is 4.79 Å². The summed E-state index contributed by atoms with van der Waals surface area (Å²) in [6.07, 6.45) is 0.418. The maximum Gasteiger partial charge on any atom is 0.220 e. The molecule has 2 atom stereocenters. The number of aromatic nitrogens is 1. The molecule has 2 heterocycles. The zero-order chi connectivity index (χ0) is 20.5. The average Bonchev–Trinajstić information content (AvgIpc) is 3.32. The van der Waals surface area contributed by atoms with Gasteiger partial charge in [-0.15, -0.1) is 11.3 Å². The fourth-order valence-electron chi connectivity index (χ4n) is 3.64. The molecule has 0 saturated carbocycles. The minimum Gasteiger partial charge on any atom is -0.493 e. The van der Waals surface area contributed by atoms with Gasteiger partial charge in [0.05, 0.1) is 29.4 Å². The van der Waals surface area contributed by atoms with Crippen LogP contribution in [0.25, 0.3) is 21.3 Å². The molecule has 1 saturated heterocycles. The lowest BCUT2D eigenvalue weighted by molar-refractivity contribution is -0.119. The zero-order valence-electron chi connectivity index (χ0n) is 16.9. The van der Waals surface area contributed by atoms with Crippen molar-refractivity contribution in [2.24, 2.45) is 5.92 Å². The number of ether oxygens (including phenoxy) is 3. The summed E-state index contributed by atoms with van der Waals surface area (Å²) in [6, 6.07) is 9.95. The number of amides is 1. The quantitative estimate of drug-likeness (QED) is 0.657. The van der Waals surface area contributed by atoms with Crippen molar-refractivity contribution in [1.29, 1.82) is 0 Å². The number of thiazole rings is 1. The summed E-state index contributed by atoms with van der Waals surface area (Å²) >= 11 is 1.62. The van der Waals surface area contributed by atoms with Crippen molar-refractivity contribution in [2.45, 2.75) is 26.4 Å². The highest BCUT2D eigenvalue weighted by Crippen LogP contribution is 2.39. The Hall–Kier alpha value is -2.80. The van der Waals surface area contributed by atoms with Crippen LogP contribution in [0.3, 0.4) is 0 Å². The number of aryl methyl sites for hydroxylation is 1. The smallest absolute Gasteiger partial charge is 0.220 e. The van der Waals surface area contributed by atoms with Gasteiger partial charge in [-0.3, -0.25) is 4.79 Å². The summed E-state index contributed by atoms with van der Waals surface area (Å²) in [6.45, 7) is 4.67. The van der Waals surface area contributed by atoms with E-state index >= 15 is 0 Å². The van der Waals surface area contributed by atoms with Crippen LogP contribution in [-0.2, 0) is 4.79 Å². The van der Waals surface area contributed by atoms with E-state index in [4.69, 9.17) is 14.2 Å². The molecule has 1 aliphatic rings. The van der Waals surface area contributed by atoms with E-state index < -0.39 is 0 Å². The highest BCUT2D eigenvalue weighted by Gasteiger charge is 2.28. The topological polar surface area (TPSA) is 69.7 Å². The van der Waals surface area contributed by atoms with Gasteiger partial charge in [0.2, 0.25) is 5.91 Å². The molecule has 1 fully saturated rings. The standard InChI is InChI=1S/C22H24N2O4S/c1-12(16-10-21(25)23-11-16)28-20-9-15(7-17-22(20)29-13(2)24-17)14-5-6-18(26-3)19(8-14)27-4/h5-9,12,16H,10-11H2,1-4H3,(H,23,25)/t12-,16?/m1/s1. The fraction of sp³-hybridized carbons (Fsp3) is 0.364. The molecule has 4 rings (SSSR count). The molecule has 0 radical (unpaired) electrons. The molecule has 1 unspecified atom stereocenters. The van der Waals surface area contributed by atoms with Crippen LogP contribution in [-0.4, -0.2) is 37.8 Å². The third-order valence-electron chi connectivity index (χ3n) is 5.27. The highest BCUT2D eigenvalue weighted by atomic mass is 32.1. The van der Waals surface area contributed by atoms with Crippen molar-refractivity contribution >= 4 is 27.5 Å². The van der Waals surface area contributed by atoms with Crippen molar-refractivity contribution in [3.8, 4) is 28.4 Å². The Bertz CT molecular complexity index is 1060. The molecule has 1 amide bonds. The van der Waals surface area contributed by atoms with Gasteiger partial charge >= 0.3 is 0 Å². The summed E-state index contributed by atoms with van der Waals surface area (Å²) < 4.78 is 18.2. The number of methoxy groups -OCH3 is 2. The lowest BCUT2D eigenvalue weighted by atomic mass is 10.0. The number of benzene rings is 2. The lowest BCUT2D eigenvalue weighted by Crippen LogP contribution is -2.25. The Balaban J connectivity index is 1.73. The Morgan fingerprint density at radius 1 is 1.10 bits per heavy atom. The largest absolute Gasteiger partial charge is 0.493 e. The normalized spacial score (nSPS) is 17.2. The van der Waals surface area contributed by atoms with Gasteiger partial charge in [-0.25, -0.2) is 4.98 Å². The molecule has 1 N–H and O–H groups in total. The first-order chi connectivity index (χ1) is 14.0. The maximum atomic E-state index is 11.6. The second kappa shape index (κ2) is 7.91. The molecule has 152 valence electrons. The van der Waals surface area contributed by atoms with E-state index in [1.165, 1.54) is 0 Å². The number of nitrogens with one attached hydrogen (secondary N) is 1. The van der Waals surface area contributed by atoms with Gasteiger partial charge in [0.25, 0.3) is 0 Å². The Kier molecular flexibility index (Phi) is 5.32. The van der Waals surface area contributed by atoms with Crippen LogP contribution in [0.15, 0.2) is 30.3 Å². The predicted molar refractivity (Wildman–Crippen MR) is 114 cm³/mol. The second-order valence-electron chi connectivity index (χ2n) is 7.22. The maximum absolute atomic E-state index is 11.6. The molecular formula is C22H24N2O4S. The third-order valence-corrected chi connectivity index (χ3v) is 6.27. The van der Waals surface area contributed by atoms with Gasteiger partial charge in [-0.05, 0) is 49.2 Å². The molecule has 0 spiro atoms. The van der Waals surface area contributed by atoms with Crippen molar-refractivity contribution < 1.29 is 19.0 Å². The van der Waals surface area contributed by atoms with Gasteiger partial charge in [0, 0.05) is 18.9 Å². The number of fused-ring (bicyclic) bond motifs is 1. The van der Waals surface area contributed by atoms with Crippen molar-refractivity contribution in [3.63, 3.8) is 0 Å².